The zero-order valence-electron chi connectivity index (χ0n) is 16.9. The summed E-state index contributed by atoms with van der Waals surface area (Å²) in [5.41, 5.74) is 2.35. The first-order chi connectivity index (χ1) is 14.7. The van der Waals surface area contributed by atoms with Crippen LogP contribution in [-0.2, 0) is 11.2 Å². The van der Waals surface area contributed by atoms with Crippen molar-refractivity contribution in [1.29, 1.82) is 0 Å². The summed E-state index contributed by atoms with van der Waals surface area (Å²) < 4.78 is 0. The van der Waals surface area contributed by atoms with Crippen molar-refractivity contribution in [1.82, 2.24) is 10.3 Å². The Labute approximate surface area is 182 Å². The highest BCUT2D eigenvalue weighted by Gasteiger charge is 2.27. The van der Waals surface area contributed by atoms with Crippen LogP contribution in [0.1, 0.15) is 30.0 Å². The van der Waals surface area contributed by atoms with Crippen LogP contribution in [0.25, 0.3) is 0 Å². The normalized spacial score (nSPS) is 15.6. The van der Waals surface area contributed by atoms with Gasteiger partial charge in [0, 0.05) is 25.2 Å². The smallest absolute Gasteiger partial charge is 0.223 e. The molecule has 2 heterocycles. The Bertz CT molecular complexity index is 939. The second-order valence-electron chi connectivity index (χ2n) is 7.76. The van der Waals surface area contributed by atoms with Gasteiger partial charge in [-0.15, -0.1) is 0 Å². The zero-order valence-corrected chi connectivity index (χ0v) is 17.6. The lowest BCUT2D eigenvalue weighted by atomic mass is 9.93. The number of nitrogens with one attached hydrogen (secondary N) is 1. The fourth-order valence-corrected chi connectivity index (χ4v) is 4.11. The molecule has 0 radical (unpaired) electrons. The Morgan fingerprint density at radius 1 is 1.00 bits per heavy atom. The first kappa shape index (κ1) is 20.4. The molecular weight excluding hydrogens is 394 g/mol. The SMILES string of the molecule is O=C(NC(Cc1ccccc1)c1ccccc1)C1CCN(c2ccc(Cl)cn2)CC1. The molecule has 0 saturated carbocycles. The second kappa shape index (κ2) is 9.77. The molecule has 1 amide bonds. The maximum atomic E-state index is 13.1. The molecule has 5 heteroatoms. The number of rotatable bonds is 6. The van der Waals surface area contributed by atoms with Crippen LogP contribution in [0, 0.1) is 5.92 Å². The molecule has 30 heavy (non-hydrogen) atoms. The van der Waals surface area contributed by atoms with Crippen molar-refractivity contribution in [3.63, 3.8) is 0 Å². The summed E-state index contributed by atoms with van der Waals surface area (Å²) in [5, 5.41) is 3.96. The van der Waals surface area contributed by atoms with Crippen molar-refractivity contribution in [3.05, 3.63) is 95.1 Å². The van der Waals surface area contributed by atoms with Crippen LogP contribution in [0.4, 0.5) is 5.82 Å². The van der Waals surface area contributed by atoms with E-state index in [4.69, 9.17) is 11.6 Å². The van der Waals surface area contributed by atoms with Crippen molar-refractivity contribution in [3.8, 4) is 0 Å². The van der Waals surface area contributed by atoms with Gasteiger partial charge in [-0.3, -0.25) is 4.79 Å². The van der Waals surface area contributed by atoms with Gasteiger partial charge in [0.2, 0.25) is 5.91 Å². The maximum absolute atomic E-state index is 13.1. The fraction of sp³-hybridized carbons (Fsp3) is 0.280. The van der Waals surface area contributed by atoms with Gasteiger partial charge in [0.15, 0.2) is 0 Å². The average Bonchev–Trinajstić information content (AvgIpc) is 2.80. The summed E-state index contributed by atoms with van der Waals surface area (Å²) in [6, 6.07) is 24.3. The second-order valence-corrected chi connectivity index (χ2v) is 8.19. The largest absolute Gasteiger partial charge is 0.357 e. The van der Waals surface area contributed by atoms with Gasteiger partial charge in [-0.25, -0.2) is 4.98 Å². The van der Waals surface area contributed by atoms with Crippen LogP contribution in [0.2, 0.25) is 5.02 Å². The predicted octanol–water partition coefficient (Wildman–Crippen LogP) is 5.05. The average molecular weight is 420 g/mol. The monoisotopic (exact) mass is 419 g/mol. The number of hydrogen-bond donors (Lipinski definition) is 1. The van der Waals surface area contributed by atoms with Crippen molar-refractivity contribution >= 4 is 23.3 Å². The summed E-state index contributed by atoms with van der Waals surface area (Å²) in [6.45, 7) is 1.64. The summed E-state index contributed by atoms with van der Waals surface area (Å²) >= 11 is 5.94. The van der Waals surface area contributed by atoms with E-state index in [9.17, 15) is 4.79 Å². The molecule has 1 aliphatic rings. The Balaban J connectivity index is 1.39. The minimum Gasteiger partial charge on any atom is -0.357 e. The topological polar surface area (TPSA) is 45.2 Å². The van der Waals surface area contributed by atoms with E-state index in [0.29, 0.717) is 5.02 Å². The van der Waals surface area contributed by atoms with E-state index in [0.717, 1.165) is 43.7 Å². The molecule has 3 aromatic rings. The van der Waals surface area contributed by atoms with Gasteiger partial charge in [0.25, 0.3) is 0 Å². The van der Waals surface area contributed by atoms with Gasteiger partial charge >= 0.3 is 0 Å². The molecule has 1 aromatic heterocycles. The summed E-state index contributed by atoms with van der Waals surface area (Å²) in [4.78, 5) is 19.7. The Morgan fingerprint density at radius 2 is 1.67 bits per heavy atom. The molecule has 1 saturated heterocycles. The van der Waals surface area contributed by atoms with E-state index in [-0.39, 0.29) is 17.9 Å². The number of aromatic nitrogens is 1. The Hall–Kier alpha value is -2.85. The summed E-state index contributed by atoms with van der Waals surface area (Å²) in [7, 11) is 0. The van der Waals surface area contributed by atoms with E-state index in [1.807, 2.05) is 48.5 Å². The molecule has 0 spiro atoms. The van der Waals surface area contributed by atoms with E-state index in [1.165, 1.54) is 5.56 Å². The molecule has 1 N–H and O–H groups in total. The lowest BCUT2D eigenvalue weighted by molar-refractivity contribution is -0.126. The van der Waals surface area contributed by atoms with E-state index in [2.05, 4.69) is 39.5 Å². The van der Waals surface area contributed by atoms with Crippen LogP contribution < -0.4 is 10.2 Å². The molecule has 154 valence electrons. The first-order valence-electron chi connectivity index (χ1n) is 10.4. The molecule has 4 rings (SSSR count). The molecule has 0 bridgehead atoms. The molecular formula is C25H26ClN3O. The minimum atomic E-state index is -0.0305. The van der Waals surface area contributed by atoms with Crippen LogP contribution in [0.15, 0.2) is 79.0 Å². The Morgan fingerprint density at radius 3 is 2.30 bits per heavy atom. The number of benzene rings is 2. The number of anilines is 1. The third-order valence-electron chi connectivity index (χ3n) is 5.70. The van der Waals surface area contributed by atoms with Crippen molar-refractivity contribution < 1.29 is 4.79 Å². The lowest BCUT2D eigenvalue weighted by Crippen LogP contribution is -2.42. The Kier molecular flexibility index (Phi) is 6.65. The number of hydrogen-bond acceptors (Lipinski definition) is 3. The van der Waals surface area contributed by atoms with E-state index in [1.54, 1.807) is 6.20 Å². The van der Waals surface area contributed by atoms with Gasteiger partial charge in [0.1, 0.15) is 5.82 Å². The van der Waals surface area contributed by atoms with Crippen molar-refractivity contribution in [2.45, 2.75) is 25.3 Å². The van der Waals surface area contributed by atoms with Gasteiger partial charge in [0.05, 0.1) is 11.1 Å². The van der Waals surface area contributed by atoms with E-state index < -0.39 is 0 Å². The number of amides is 1. The molecule has 1 aliphatic heterocycles. The molecule has 0 aliphatic carbocycles. The zero-order chi connectivity index (χ0) is 20.8. The third kappa shape index (κ3) is 5.19. The van der Waals surface area contributed by atoms with Crippen LogP contribution in [-0.4, -0.2) is 24.0 Å². The number of piperidine rings is 1. The molecule has 4 nitrogen and oxygen atoms in total. The van der Waals surface area contributed by atoms with Gasteiger partial charge in [-0.2, -0.15) is 0 Å². The van der Waals surface area contributed by atoms with Crippen molar-refractivity contribution in [2.24, 2.45) is 5.92 Å². The van der Waals surface area contributed by atoms with Crippen LogP contribution in [0.5, 0.6) is 0 Å². The number of pyridine rings is 1. The van der Waals surface area contributed by atoms with Crippen molar-refractivity contribution in [2.75, 3.05) is 18.0 Å². The number of halogens is 1. The summed E-state index contributed by atoms with van der Waals surface area (Å²) in [5.74, 6) is 1.09. The highest BCUT2D eigenvalue weighted by molar-refractivity contribution is 6.30. The first-order valence-corrected chi connectivity index (χ1v) is 10.8. The van der Waals surface area contributed by atoms with E-state index >= 15 is 0 Å². The summed E-state index contributed by atoms with van der Waals surface area (Å²) in [6.07, 6.45) is 4.10. The molecule has 1 atom stereocenters. The molecule has 2 aromatic carbocycles. The lowest BCUT2D eigenvalue weighted by Gasteiger charge is -2.33. The maximum Gasteiger partial charge on any atom is 0.223 e. The highest BCUT2D eigenvalue weighted by Crippen LogP contribution is 2.25. The standard InChI is InChI=1S/C25H26ClN3O/c26-22-11-12-24(27-18-22)29-15-13-21(14-16-29)25(30)28-23(20-9-5-2-6-10-20)17-19-7-3-1-4-8-19/h1-12,18,21,23H,13-17H2,(H,28,30). The van der Waals surface area contributed by atoms with Gasteiger partial charge < -0.3 is 10.2 Å². The molecule has 1 unspecified atom stereocenters. The van der Waals surface area contributed by atoms with Gasteiger partial charge in [-0.1, -0.05) is 72.3 Å². The number of carbonyl (C=O) groups is 1. The predicted molar refractivity (Wildman–Crippen MR) is 122 cm³/mol. The third-order valence-corrected chi connectivity index (χ3v) is 5.93. The minimum absolute atomic E-state index is 0.0236. The fourth-order valence-electron chi connectivity index (χ4n) is 4.00. The highest BCUT2D eigenvalue weighted by atomic mass is 35.5. The van der Waals surface area contributed by atoms with Crippen LogP contribution >= 0.6 is 11.6 Å². The quantitative estimate of drug-likeness (QED) is 0.608. The van der Waals surface area contributed by atoms with Gasteiger partial charge in [-0.05, 0) is 42.5 Å². The molecule has 1 fully saturated rings. The number of carbonyl (C=O) groups excluding carboxylic acids is 1. The van der Waals surface area contributed by atoms with Crippen LogP contribution in [0.3, 0.4) is 0 Å². The number of nitrogens with zero attached hydrogens (tertiary/aromatic N) is 2.